The number of hydrogen-bond acceptors (Lipinski definition) is 4. The van der Waals surface area contributed by atoms with Crippen molar-refractivity contribution >= 4 is 5.69 Å². The standard InChI is InChI=1S/C17H24N2O2/c1-19(2)16-8-6-15(7-9-16)13-18-10-4-11-20-14-17-5-3-12-21-17/h3,5-9,12,18H,4,10-11,13-14H2,1-2H3. The van der Waals surface area contributed by atoms with E-state index in [1.54, 1.807) is 6.26 Å². The molecule has 0 bridgehead atoms. The molecule has 0 fully saturated rings. The molecule has 4 nitrogen and oxygen atoms in total. The lowest BCUT2D eigenvalue weighted by Gasteiger charge is -2.12. The minimum Gasteiger partial charge on any atom is -0.467 e. The number of benzene rings is 1. The van der Waals surface area contributed by atoms with E-state index in [0.29, 0.717) is 6.61 Å². The lowest BCUT2D eigenvalue weighted by Crippen LogP contribution is -2.16. The second-order valence-electron chi connectivity index (χ2n) is 5.22. The van der Waals surface area contributed by atoms with E-state index in [4.69, 9.17) is 9.15 Å². The van der Waals surface area contributed by atoms with Gasteiger partial charge in [0.1, 0.15) is 12.4 Å². The molecule has 0 aliphatic heterocycles. The Morgan fingerprint density at radius 1 is 1.14 bits per heavy atom. The van der Waals surface area contributed by atoms with Crippen molar-refractivity contribution in [1.82, 2.24) is 5.32 Å². The van der Waals surface area contributed by atoms with Crippen molar-refractivity contribution in [2.45, 2.75) is 19.6 Å². The number of nitrogens with zero attached hydrogens (tertiary/aromatic N) is 1. The van der Waals surface area contributed by atoms with Crippen LogP contribution in [0.4, 0.5) is 5.69 Å². The van der Waals surface area contributed by atoms with Gasteiger partial charge in [-0.25, -0.2) is 0 Å². The maximum Gasteiger partial charge on any atom is 0.129 e. The predicted octanol–water partition coefficient (Wildman–Crippen LogP) is 3.04. The second kappa shape index (κ2) is 8.49. The summed E-state index contributed by atoms with van der Waals surface area (Å²) in [5.74, 6) is 0.879. The van der Waals surface area contributed by atoms with Gasteiger partial charge < -0.3 is 19.4 Å². The molecule has 0 saturated carbocycles. The van der Waals surface area contributed by atoms with Gasteiger partial charge in [-0.1, -0.05) is 12.1 Å². The van der Waals surface area contributed by atoms with E-state index in [9.17, 15) is 0 Å². The van der Waals surface area contributed by atoms with Crippen molar-refractivity contribution in [1.29, 1.82) is 0 Å². The Balaban J connectivity index is 1.53. The molecule has 1 aromatic heterocycles. The van der Waals surface area contributed by atoms with Gasteiger partial charge >= 0.3 is 0 Å². The number of furan rings is 1. The number of nitrogens with one attached hydrogen (secondary N) is 1. The van der Waals surface area contributed by atoms with Gasteiger partial charge in [-0.3, -0.25) is 0 Å². The van der Waals surface area contributed by atoms with Gasteiger partial charge in [0.05, 0.1) is 6.26 Å². The zero-order chi connectivity index (χ0) is 14.9. The van der Waals surface area contributed by atoms with Crippen molar-refractivity contribution in [3.63, 3.8) is 0 Å². The van der Waals surface area contributed by atoms with E-state index >= 15 is 0 Å². The molecule has 0 radical (unpaired) electrons. The largest absolute Gasteiger partial charge is 0.467 e. The minimum atomic E-state index is 0.555. The molecule has 0 amide bonds. The molecule has 2 rings (SSSR count). The number of rotatable bonds is 9. The van der Waals surface area contributed by atoms with Crippen LogP contribution in [0.3, 0.4) is 0 Å². The van der Waals surface area contributed by atoms with Gasteiger partial charge in [0, 0.05) is 32.9 Å². The molecular weight excluding hydrogens is 264 g/mol. The summed E-state index contributed by atoms with van der Waals surface area (Å²) in [5.41, 5.74) is 2.53. The third kappa shape index (κ3) is 5.61. The molecule has 0 aliphatic rings. The van der Waals surface area contributed by atoms with Crippen LogP contribution in [0.5, 0.6) is 0 Å². The summed E-state index contributed by atoms with van der Waals surface area (Å²) < 4.78 is 10.7. The highest BCUT2D eigenvalue weighted by atomic mass is 16.5. The maximum absolute atomic E-state index is 5.53. The Hall–Kier alpha value is -1.78. The van der Waals surface area contributed by atoms with Crippen molar-refractivity contribution in [2.75, 3.05) is 32.1 Å². The van der Waals surface area contributed by atoms with Crippen LogP contribution < -0.4 is 10.2 Å². The third-order valence-electron chi connectivity index (χ3n) is 3.25. The van der Waals surface area contributed by atoms with Crippen molar-refractivity contribution in [3.05, 3.63) is 54.0 Å². The van der Waals surface area contributed by atoms with Gasteiger partial charge in [0.25, 0.3) is 0 Å². The SMILES string of the molecule is CN(C)c1ccc(CNCCCOCc2ccco2)cc1. The Morgan fingerprint density at radius 2 is 1.95 bits per heavy atom. The summed E-state index contributed by atoms with van der Waals surface area (Å²) in [5, 5.41) is 3.43. The fraction of sp³-hybridized carbons (Fsp3) is 0.412. The van der Waals surface area contributed by atoms with Crippen LogP contribution in [-0.4, -0.2) is 27.2 Å². The molecule has 1 N–H and O–H groups in total. The Bertz CT molecular complexity index is 492. The van der Waals surface area contributed by atoms with E-state index in [1.807, 2.05) is 12.1 Å². The summed E-state index contributed by atoms with van der Waals surface area (Å²) in [6, 6.07) is 12.4. The van der Waals surface area contributed by atoms with Gasteiger partial charge in [-0.15, -0.1) is 0 Å². The van der Waals surface area contributed by atoms with Crippen LogP contribution in [0, 0.1) is 0 Å². The topological polar surface area (TPSA) is 37.6 Å². The lowest BCUT2D eigenvalue weighted by atomic mass is 10.2. The molecule has 0 saturated heterocycles. The second-order valence-corrected chi connectivity index (χ2v) is 5.22. The first-order valence-electron chi connectivity index (χ1n) is 7.33. The van der Waals surface area contributed by atoms with Crippen LogP contribution >= 0.6 is 0 Å². The van der Waals surface area contributed by atoms with E-state index in [2.05, 4.69) is 48.6 Å². The van der Waals surface area contributed by atoms with Gasteiger partial charge in [0.15, 0.2) is 0 Å². The van der Waals surface area contributed by atoms with E-state index < -0.39 is 0 Å². The molecule has 1 aromatic carbocycles. The first-order chi connectivity index (χ1) is 10.3. The van der Waals surface area contributed by atoms with E-state index in [1.165, 1.54) is 11.3 Å². The highest BCUT2D eigenvalue weighted by Gasteiger charge is 1.97. The van der Waals surface area contributed by atoms with Gasteiger partial charge in [-0.05, 0) is 42.8 Å². The van der Waals surface area contributed by atoms with Gasteiger partial charge in [0.2, 0.25) is 0 Å². The fourth-order valence-electron chi connectivity index (χ4n) is 2.01. The van der Waals surface area contributed by atoms with Crippen molar-refractivity contribution in [3.8, 4) is 0 Å². The Morgan fingerprint density at radius 3 is 2.62 bits per heavy atom. The Kier molecular flexibility index (Phi) is 6.31. The summed E-state index contributed by atoms with van der Waals surface area (Å²) in [7, 11) is 4.10. The third-order valence-corrected chi connectivity index (χ3v) is 3.25. The molecular formula is C17H24N2O2. The summed E-state index contributed by atoms with van der Waals surface area (Å²) in [6.45, 7) is 3.14. The normalized spacial score (nSPS) is 10.8. The van der Waals surface area contributed by atoms with Crippen molar-refractivity contribution in [2.24, 2.45) is 0 Å². The zero-order valence-electron chi connectivity index (χ0n) is 12.8. The average Bonchev–Trinajstić information content (AvgIpc) is 3.00. The molecule has 2 aromatic rings. The molecule has 0 aliphatic carbocycles. The quantitative estimate of drug-likeness (QED) is 0.720. The molecule has 4 heteroatoms. The Labute approximate surface area is 126 Å². The summed E-state index contributed by atoms with van der Waals surface area (Å²) >= 11 is 0. The average molecular weight is 288 g/mol. The molecule has 0 unspecified atom stereocenters. The number of anilines is 1. The minimum absolute atomic E-state index is 0.555. The molecule has 0 spiro atoms. The number of hydrogen-bond donors (Lipinski definition) is 1. The zero-order valence-corrected chi connectivity index (χ0v) is 12.8. The molecule has 114 valence electrons. The first kappa shape index (κ1) is 15.6. The van der Waals surface area contributed by atoms with Crippen LogP contribution in [0.1, 0.15) is 17.7 Å². The fourth-order valence-corrected chi connectivity index (χ4v) is 2.01. The van der Waals surface area contributed by atoms with Gasteiger partial charge in [-0.2, -0.15) is 0 Å². The lowest BCUT2D eigenvalue weighted by molar-refractivity contribution is 0.104. The molecule has 21 heavy (non-hydrogen) atoms. The smallest absolute Gasteiger partial charge is 0.129 e. The molecule has 0 atom stereocenters. The van der Waals surface area contributed by atoms with Crippen LogP contribution in [-0.2, 0) is 17.9 Å². The summed E-state index contributed by atoms with van der Waals surface area (Å²) in [4.78, 5) is 2.10. The summed E-state index contributed by atoms with van der Waals surface area (Å²) in [6.07, 6.45) is 2.66. The van der Waals surface area contributed by atoms with Crippen LogP contribution in [0.15, 0.2) is 47.1 Å². The highest BCUT2D eigenvalue weighted by molar-refractivity contribution is 5.45. The van der Waals surface area contributed by atoms with Crippen molar-refractivity contribution < 1.29 is 9.15 Å². The number of ether oxygens (including phenoxy) is 1. The monoisotopic (exact) mass is 288 g/mol. The van der Waals surface area contributed by atoms with Crippen LogP contribution in [0.2, 0.25) is 0 Å². The predicted molar refractivity (Wildman–Crippen MR) is 85.5 cm³/mol. The van der Waals surface area contributed by atoms with E-state index in [-0.39, 0.29) is 0 Å². The van der Waals surface area contributed by atoms with Crippen LogP contribution in [0.25, 0.3) is 0 Å². The molecule has 1 heterocycles. The maximum atomic E-state index is 5.53. The van der Waals surface area contributed by atoms with E-state index in [0.717, 1.165) is 31.9 Å². The highest BCUT2D eigenvalue weighted by Crippen LogP contribution is 2.11. The first-order valence-corrected chi connectivity index (χ1v) is 7.33.